The summed E-state index contributed by atoms with van der Waals surface area (Å²) in [6.45, 7) is 4.43. The molecule has 0 aliphatic carbocycles. The topological polar surface area (TPSA) is 12.0 Å². The molecule has 2 rings (SSSR count). The molecule has 2 aromatic carbocycles. The highest BCUT2D eigenvalue weighted by atomic mass is 19.1. The largest absolute Gasteiger partial charge is 0.309 e. The summed E-state index contributed by atoms with van der Waals surface area (Å²) in [6, 6.07) is 12.2. The zero-order valence-corrected chi connectivity index (χ0v) is 12.5. The predicted molar refractivity (Wildman–Crippen MR) is 82.3 cm³/mol. The second-order valence-corrected chi connectivity index (χ2v) is 5.29. The highest BCUT2D eigenvalue weighted by Gasteiger charge is 2.21. The van der Waals surface area contributed by atoms with Crippen LogP contribution < -0.4 is 5.32 Å². The van der Waals surface area contributed by atoms with Crippen LogP contribution in [0.2, 0.25) is 0 Å². The summed E-state index contributed by atoms with van der Waals surface area (Å²) in [5.74, 6) is -0.929. The van der Waals surface area contributed by atoms with Crippen LogP contribution in [0.25, 0.3) is 0 Å². The number of hydrogen-bond donors (Lipinski definition) is 1. The van der Waals surface area contributed by atoms with Crippen LogP contribution in [-0.2, 0) is 6.42 Å². The smallest absolute Gasteiger partial charge is 0.133 e. The average Bonchev–Trinajstić information content (AvgIpc) is 2.50. The molecule has 0 bridgehead atoms. The van der Waals surface area contributed by atoms with Crippen molar-refractivity contribution in [2.45, 2.75) is 32.7 Å². The maximum atomic E-state index is 14.4. The average molecular weight is 289 g/mol. The molecule has 3 heteroatoms. The van der Waals surface area contributed by atoms with E-state index >= 15 is 0 Å². The lowest BCUT2D eigenvalue weighted by Gasteiger charge is -2.21. The van der Waals surface area contributed by atoms with Gasteiger partial charge >= 0.3 is 0 Å². The third kappa shape index (κ3) is 3.88. The predicted octanol–water partition coefficient (Wildman–Crippen LogP) is 4.56. The van der Waals surface area contributed by atoms with E-state index in [1.165, 1.54) is 12.1 Å². The van der Waals surface area contributed by atoms with Gasteiger partial charge in [-0.2, -0.15) is 0 Å². The molecule has 1 unspecified atom stereocenters. The number of rotatable bonds is 6. The Bertz CT molecular complexity index is 581. The van der Waals surface area contributed by atoms with E-state index in [0.717, 1.165) is 18.5 Å². The number of hydrogen-bond acceptors (Lipinski definition) is 1. The van der Waals surface area contributed by atoms with Crippen molar-refractivity contribution >= 4 is 0 Å². The van der Waals surface area contributed by atoms with Gasteiger partial charge in [0.05, 0.1) is 0 Å². The van der Waals surface area contributed by atoms with Crippen molar-refractivity contribution in [1.82, 2.24) is 5.32 Å². The van der Waals surface area contributed by atoms with Crippen LogP contribution in [-0.4, -0.2) is 6.54 Å². The molecule has 0 aromatic heterocycles. The quantitative estimate of drug-likeness (QED) is 0.822. The Balaban J connectivity index is 2.34. The molecule has 0 saturated heterocycles. The summed E-state index contributed by atoms with van der Waals surface area (Å²) >= 11 is 0. The molecule has 0 heterocycles. The number of benzene rings is 2. The zero-order valence-electron chi connectivity index (χ0n) is 12.5. The summed E-state index contributed by atoms with van der Waals surface area (Å²) in [7, 11) is 0. The highest BCUT2D eigenvalue weighted by molar-refractivity contribution is 5.31. The Hall–Kier alpha value is -1.74. The molecule has 21 heavy (non-hydrogen) atoms. The molecule has 0 aliphatic rings. The standard InChI is InChI=1S/C18H21F2N/c1-3-11-21-16(12-14-7-5-4-6-8-14)17-15(19)10-9-13(2)18(17)20/h4-10,16,21H,3,11-12H2,1-2H3. The van der Waals surface area contributed by atoms with E-state index in [2.05, 4.69) is 5.32 Å². The SMILES string of the molecule is CCCNC(Cc1ccccc1)c1c(F)ccc(C)c1F. The minimum Gasteiger partial charge on any atom is -0.309 e. The van der Waals surface area contributed by atoms with E-state index in [0.29, 0.717) is 12.0 Å². The Morgan fingerprint density at radius 1 is 1.05 bits per heavy atom. The molecular formula is C18H21F2N. The summed E-state index contributed by atoms with van der Waals surface area (Å²) in [5, 5.41) is 3.26. The van der Waals surface area contributed by atoms with E-state index in [1.54, 1.807) is 6.92 Å². The molecule has 2 aromatic rings. The lowest BCUT2D eigenvalue weighted by Crippen LogP contribution is -2.26. The minimum absolute atomic E-state index is 0.146. The monoisotopic (exact) mass is 289 g/mol. The van der Waals surface area contributed by atoms with Gasteiger partial charge in [-0.3, -0.25) is 0 Å². The van der Waals surface area contributed by atoms with Crippen molar-refractivity contribution < 1.29 is 8.78 Å². The summed E-state index contributed by atoms with van der Waals surface area (Å²) in [6.07, 6.45) is 1.48. The van der Waals surface area contributed by atoms with Gasteiger partial charge in [-0.15, -0.1) is 0 Å². The van der Waals surface area contributed by atoms with Gasteiger partial charge in [0.2, 0.25) is 0 Å². The summed E-state index contributed by atoms with van der Waals surface area (Å²) < 4.78 is 28.5. The van der Waals surface area contributed by atoms with E-state index in [9.17, 15) is 8.78 Å². The number of nitrogens with one attached hydrogen (secondary N) is 1. The molecule has 0 aliphatic heterocycles. The number of halogens is 2. The van der Waals surface area contributed by atoms with Crippen LogP contribution in [0.1, 0.15) is 36.1 Å². The normalized spacial score (nSPS) is 12.4. The van der Waals surface area contributed by atoms with Gasteiger partial charge < -0.3 is 5.32 Å². The van der Waals surface area contributed by atoms with Crippen LogP contribution in [0, 0.1) is 18.6 Å². The van der Waals surface area contributed by atoms with Crippen molar-refractivity contribution in [3.05, 3.63) is 70.8 Å². The molecular weight excluding hydrogens is 268 g/mol. The lowest BCUT2D eigenvalue weighted by molar-refractivity contribution is 0.462. The van der Waals surface area contributed by atoms with Crippen LogP contribution in [0.5, 0.6) is 0 Å². The maximum absolute atomic E-state index is 14.4. The second kappa shape index (κ2) is 7.32. The number of aryl methyl sites for hydroxylation is 1. The van der Waals surface area contributed by atoms with Crippen molar-refractivity contribution in [1.29, 1.82) is 0 Å². The van der Waals surface area contributed by atoms with Crippen molar-refractivity contribution in [2.75, 3.05) is 6.54 Å². The molecule has 0 spiro atoms. The molecule has 0 radical (unpaired) electrons. The molecule has 0 fully saturated rings. The van der Waals surface area contributed by atoms with Crippen molar-refractivity contribution in [3.8, 4) is 0 Å². The fraction of sp³-hybridized carbons (Fsp3) is 0.333. The van der Waals surface area contributed by atoms with Gasteiger partial charge in [0.1, 0.15) is 11.6 Å². The molecule has 0 saturated carbocycles. The van der Waals surface area contributed by atoms with Crippen LogP contribution in [0.15, 0.2) is 42.5 Å². The Kier molecular flexibility index (Phi) is 5.45. The van der Waals surface area contributed by atoms with Gasteiger partial charge in [-0.25, -0.2) is 8.78 Å². The van der Waals surface area contributed by atoms with Crippen LogP contribution in [0.3, 0.4) is 0 Å². The third-order valence-corrected chi connectivity index (χ3v) is 3.59. The first-order valence-corrected chi connectivity index (χ1v) is 7.35. The highest BCUT2D eigenvalue weighted by Crippen LogP contribution is 2.26. The fourth-order valence-corrected chi connectivity index (χ4v) is 2.44. The second-order valence-electron chi connectivity index (χ2n) is 5.29. The Morgan fingerprint density at radius 2 is 1.76 bits per heavy atom. The first-order chi connectivity index (χ1) is 10.1. The van der Waals surface area contributed by atoms with Gasteiger partial charge in [-0.05, 0) is 43.5 Å². The molecule has 112 valence electrons. The van der Waals surface area contributed by atoms with Crippen molar-refractivity contribution in [3.63, 3.8) is 0 Å². The summed E-state index contributed by atoms with van der Waals surface area (Å²) in [5.41, 5.74) is 1.68. The Morgan fingerprint density at radius 3 is 2.43 bits per heavy atom. The molecule has 1 atom stereocenters. The lowest BCUT2D eigenvalue weighted by atomic mass is 9.96. The van der Waals surface area contributed by atoms with Crippen LogP contribution in [0.4, 0.5) is 8.78 Å². The van der Waals surface area contributed by atoms with Crippen LogP contribution >= 0.6 is 0 Å². The van der Waals surface area contributed by atoms with Gasteiger partial charge in [0.25, 0.3) is 0 Å². The fourth-order valence-electron chi connectivity index (χ4n) is 2.44. The molecule has 0 amide bonds. The van der Waals surface area contributed by atoms with E-state index in [4.69, 9.17) is 0 Å². The van der Waals surface area contributed by atoms with Gasteiger partial charge in [-0.1, -0.05) is 43.3 Å². The van der Waals surface area contributed by atoms with E-state index in [-0.39, 0.29) is 11.6 Å². The van der Waals surface area contributed by atoms with Gasteiger partial charge in [0.15, 0.2) is 0 Å². The van der Waals surface area contributed by atoms with Gasteiger partial charge in [0, 0.05) is 11.6 Å². The van der Waals surface area contributed by atoms with E-state index in [1.807, 2.05) is 37.3 Å². The van der Waals surface area contributed by atoms with E-state index < -0.39 is 11.6 Å². The third-order valence-electron chi connectivity index (χ3n) is 3.59. The first-order valence-electron chi connectivity index (χ1n) is 7.35. The zero-order chi connectivity index (χ0) is 15.2. The molecule has 1 nitrogen and oxygen atoms in total. The minimum atomic E-state index is -0.484. The molecule has 1 N–H and O–H groups in total. The van der Waals surface area contributed by atoms with Crippen molar-refractivity contribution in [2.24, 2.45) is 0 Å². The maximum Gasteiger partial charge on any atom is 0.133 e. The summed E-state index contributed by atoms with van der Waals surface area (Å²) in [4.78, 5) is 0. The Labute approximate surface area is 125 Å². The first kappa shape index (κ1) is 15.6.